The Morgan fingerprint density at radius 1 is 0.439 bits per heavy atom. The van der Waals surface area contributed by atoms with Crippen molar-refractivity contribution in [2.75, 3.05) is 0 Å². The molecule has 2 N–H and O–H groups in total. The molecule has 3 aliphatic rings. The summed E-state index contributed by atoms with van der Waals surface area (Å²) in [4.78, 5) is 37.0. The summed E-state index contributed by atoms with van der Waals surface area (Å²) in [6.45, 7) is 0. The zero-order chi connectivity index (χ0) is 26.2. The van der Waals surface area contributed by atoms with E-state index in [1.54, 1.807) is 0 Å². The summed E-state index contributed by atoms with van der Waals surface area (Å²) in [6, 6.07) is 24.3. The quantitative estimate of drug-likeness (QED) is 0.198. The molecule has 0 saturated heterocycles. The second-order valence-corrected chi connectivity index (χ2v) is 10.1. The molecule has 2 unspecified atom stereocenters. The Balaban J connectivity index is 0.00000256. The number of allylic oxidation sites excluding steroid dienone is 4. The SMILES string of the molecule is C1=CC2c3nc(nc4[nH]c(nc5nc(nc6[nH]c(n3)c3ccccc63)-c3ccccc3-5)c3ccccc43)C2C=C1.[Cu]. The van der Waals surface area contributed by atoms with Gasteiger partial charge in [0.15, 0.2) is 11.6 Å². The van der Waals surface area contributed by atoms with Crippen LogP contribution in [0, 0.1) is 0 Å². The third-order valence-corrected chi connectivity index (χ3v) is 7.82. The van der Waals surface area contributed by atoms with Crippen molar-refractivity contribution in [3.63, 3.8) is 0 Å². The van der Waals surface area contributed by atoms with Gasteiger partial charge in [0.2, 0.25) is 0 Å². The van der Waals surface area contributed by atoms with E-state index in [1.807, 2.05) is 48.5 Å². The fraction of sp³-hybridized carbons (Fsp3) is 0.0625. The van der Waals surface area contributed by atoms with Crippen LogP contribution in [0.2, 0.25) is 0 Å². The van der Waals surface area contributed by atoms with E-state index in [4.69, 9.17) is 29.9 Å². The van der Waals surface area contributed by atoms with E-state index in [-0.39, 0.29) is 28.9 Å². The number of H-pyrrole nitrogens is 2. The van der Waals surface area contributed by atoms with Crippen LogP contribution in [-0.4, -0.2) is 39.9 Å². The van der Waals surface area contributed by atoms with Gasteiger partial charge in [-0.05, 0) is 0 Å². The minimum atomic E-state index is -0.00455. The third-order valence-electron chi connectivity index (χ3n) is 7.82. The molecule has 2 atom stereocenters. The number of hydrogen-bond donors (Lipinski definition) is 2. The van der Waals surface area contributed by atoms with Crippen molar-refractivity contribution in [1.29, 1.82) is 0 Å². The van der Waals surface area contributed by atoms with Crippen LogP contribution in [0.15, 0.2) is 97.1 Å². The van der Waals surface area contributed by atoms with E-state index in [1.165, 1.54) is 0 Å². The van der Waals surface area contributed by atoms with Crippen LogP contribution >= 0.6 is 0 Å². The molecule has 6 aromatic rings. The summed E-state index contributed by atoms with van der Waals surface area (Å²) in [5.74, 6) is 2.64. The van der Waals surface area contributed by atoms with Crippen molar-refractivity contribution >= 4 is 44.1 Å². The Kier molecular flexibility index (Phi) is 5.25. The molecule has 0 fully saturated rings. The van der Waals surface area contributed by atoms with Gasteiger partial charge in [0.25, 0.3) is 0 Å². The molecule has 3 aromatic heterocycles. The minimum Gasteiger partial charge on any atom is -0.324 e. The Labute approximate surface area is 243 Å². The van der Waals surface area contributed by atoms with Crippen LogP contribution in [0.25, 0.3) is 66.9 Å². The average Bonchev–Trinajstić information content (AvgIpc) is 3.73. The first-order chi connectivity index (χ1) is 19.8. The first kappa shape index (κ1) is 23.9. The summed E-state index contributed by atoms with van der Waals surface area (Å²) < 4.78 is 0. The number of rotatable bonds is 0. The van der Waals surface area contributed by atoms with Crippen molar-refractivity contribution in [2.24, 2.45) is 0 Å². The summed E-state index contributed by atoms with van der Waals surface area (Å²) in [5.41, 5.74) is 4.71. The molecule has 0 spiro atoms. The largest absolute Gasteiger partial charge is 0.324 e. The molecule has 8 nitrogen and oxygen atoms in total. The monoisotopic (exact) mass is 579 g/mol. The first-order valence-electron chi connectivity index (χ1n) is 13.2. The zero-order valence-corrected chi connectivity index (χ0v) is 22.3. The maximum atomic E-state index is 5.07. The Morgan fingerprint density at radius 3 is 1.27 bits per heavy atom. The molecule has 199 valence electrons. The smallest absolute Gasteiger partial charge is 0.164 e. The summed E-state index contributed by atoms with van der Waals surface area (Å²) in [6.07, 6.45) is 8.40. The molecule has 0 amide bonds. The van der Waals surface area contributed by atoms with Gasteiger partial charge < -0.3 is 9.97 Å². The number of aromatic nitrogens is 8. The summed E-state index contributed by atoms with van der Waals surface area (Å²) in [5, 5.41) is 3.90. The van der Waals surface area contributed by atoms with Gasteiger partial charge in [-0.1, -0.05) is 97.1 Å². The maximum Gasteiger partial charge on any atom is 0.164 e. The molecular weight excluding hydrogens is 560 g/mol. The predicted octanol–water partition coefficient (Wildman–Crippen LogP) is 6.53. The van der Waals surface area contributed by atoms with Gasteiger partial charge in [-0.3, -0.25) is 0 Å². The van der Waals surface area contributed by atoms with Crippen LogP contribution in [-0.2, 0) is 17.1 Å². The van der Waals surface area contributed by atoms with E-state index >= 15 is 0 Å². The van der Waals surface area contributed by atoms with E-state index < -0.39 is 0 Å². The average molecular weight is 580 g/mol. The van der Waals surface area contributed by atoms with Gasteiger partial charge in [-0.2, -0.15) is 0 Å². The van der Waals surface area contributed by atoms with E-state index in [9.17, 15) is 0 Å². The summed E-state index contributed by atoms with van der Waals surface area (Å²) in [7, 11) is 0. The van der Waals surface area contributed by atoms with Crippen LogP contribution in [0.3, 0.4) is 0 Å². The van der Waals surface area contributed by atoms with Gasteiger partial charge in [-0.15, -0.1) is 0 Å². The first-order valence-corrected chi connectivity index (χ1v) is 13.2. The normalized spacial score (nSPS) is 16.9. The molecule has 2 aliphatic heterocycles. The Hall–Kier alpha value is -4.98. The van der Waals surface area contributed by atoms with E-state index in [0.717, 1.165) is 55.6 Å². The minimum absolute atomic E-state index is 0. The van der Waals surface area contributed by atoms with Crippen LogP contribution in [0.4, 0.5) is 0 Å². The number of hydrogen-bond acceptors (Lipinski definition) is 6. The topological polar surface area (TPSA) is 109 Å². The molecular formula is C32H20CuN8. The summed E-state index contributed by atoms with van der Waals surface area (Å²) >= 11 is 0. The van der Waals surface area contributed by atoms with Crippen molar-refractivity contribution in [2.45, 2.75) is 11.8 Å². The third kappa shape index (κ3) is 3.60. The van der Waals surface area contributed by atoms with Gasteiger partial charge in [-0.25, -0.2) is 29.9 Å². The molecule has 9 heteroatoms. The molecule has 1 radical (unpaired) electrons. The maximum absolute atomic E-state index is 5.07. The van der Waals surface area contributed by atoms with E-state index in [0.29, 0.717) is 22.9 Å². The predicted molar refractivity (Wildman–Crippen MR) is 155 cm³/mol. The second-order valence-electron chi connectivity index (χ2n) is 10.1. The van der Waals surface area contributed by atoms with Crippen LogP contribution < -0.4 is 0 Å². The van der Waals surface area contributed by atoms with Gasteiger partial charge >= 0.3 is 0 Å². The van der Waals surface area contributed by atoms with Gasteiger partial charge in [0.1, 0.15) is 34.2 Å². The molecule has 8 bridgehead atoms. The number of fused-ring (bicyclic) bond motifs is 20. The van der Waals surface area contributed by atoms with Crippen molar-refractivity contribution < 1.29 is 17.1 Å². The standard InChI is InChI=1S/C32H20N8.Cu/c1-2-10-18-17(9-1)25-33-26(18)38-28-21-13-5-6-14-22(21)30(35-28)40-32-24-16-8-7-15-23(24)31(36-32)39-29-20-12-4-3-11-19(20)27(34-29)37-25;/h1-18H,(H2,33,34,35,36,37,38,39,40);. The van der Waals surface area contributed by atoms with E-state index in [2.05, 4.69) is 58.5 Å². The van der Waals surface area contributed by atoms with Crippen LogP contribution in [0.5, 0.6) is 0 Å². The molecule has 9 rings (SSSR count). The Morgan fingerprint density at radius 2 is 0.829 bits per heavy atom. The number of aromatic amines is 2. The van der Waals surface area contributed by atoms with Crippen molar-refractivity contribution in [1.82, 2.24) is 39.9 Å². The fourth-order valence-electron chi connectivity index (χ4n) is 5.91. The van der Waals surface area contributed by atoms with Gasteiger partial charge in [0, 0.05) is 49.7 Å². The second kappa shape index (κ2) is 9.02. The fourth-order valence-corrected chi connectivity index (χ4v) is 5.91. The molecule has 0 saturated carbocycles. The van der Waals surface area contributed by atoms with Crippen molar-refractivity contribution in [3.05, 3.63) is 109 Å². The van der Waals surface area contributed by atoms with Crippen molar-refractivity contribution in [3.8, 4) is 22.8 Å². The molecule has 41 heavy (non-hydrogen) atoms. The number of benzene rings is 3. The number of nitrogens with zero attached hydrogens (tertiary/aromatic N) is 6. The Bertz CT molecular complexity index is 2110. The zero-order valence-electron chi connectivity index (χ0n) is 21.4. The van der Waals surface area contributed by atoms with Crippen LogP contribution in [0.1, 0.15) is 23.5 Å². The van der Waals surface area contributed by atoms with Gasteiger partial charge in [0.05, 0.1) is 11.8 Å². The molecule has 5 heterocycles. The molecule has 3 aromatic carbocycles. The number of nitrogens with one attached hydrogen (secondary N) is 2. The molecule has 1 aliphatic carbocycles.